The fourth-order valence-electron chi connectivity index (χ4n) is 3.27. The van der Waals surface area contributed by atoms with Crippen LogP contribution in [0.4, 0.5) is 0 Å². The summed E-state index contributed by atoms with van der Waals surface area (Å²) in [6, 6.07) is 6.10. The highest BCUT2D eigenvalue weighted by Crippen LogP contribution is 2.40. The molecule has 0 bridgehead atoms. The number of amides is 1. The van der Waals surface area contributed by atoms with Gasteiger partial charge >= 0.3 is 0 Å². The lowest BCUT2D eigenvalue weighted by atomic mass is 10.00. The number of rotatable bonds is 7. The quantitative estimate of drug-likeness (QED) is 0.840. The highest BCUT2D eigenvalue weighted by atomic mass is 16.5. The predicted octanol–water partition coefficient (Wildman–Crippen LogP) is 2.81. The summed E-state index contributed by atoms with van der Waals surface area (Å²) in [6.07, 6.45) is 2.28. The van der Waals surface area contributed by atoms with Gasteiger partial charge in [0.25, 0.3) is 5.91 Å². The van der Waals surface area contributed by atoms with E-state index in [1.807, 2.05) is 26.0 Å². The van der Waals surface area contributed by atoms with Gasteiger partial charge in [0.2, 0.25) is 0 Å². The third-order valence-corrected chi connectivity index (χ3v) is 4.72. The summed E-state index contributed by atoms with van der Waals surface area (Å²) in [5.74, 6) is 0.410. The van der Waals surface area contributed by atoms with Gasteiger partial charge in [-0.2, -0.15) is 0 Å². The fourth-order valence-corrected chi connectivity index (χ4v) is 3.27. The summed E-state index contributed by atoms with van der Waals surface area (Å²) in [7, 11) is 1.61. The van der Waals surface area contributed by atoms with E-state index in [0.29, 0.717) is 31.2 Å². The Bertz CT molecular complexity index is 784. The van der Waals surface area contributed by atoms with Crippen LogP contribution in [-0.4, -0.2) is 54.3 Å². The molecule has 0 radical (unpaired) electrons. The van der Waals surface area contributed by atoms with Gasteiger partial charge in [-0.25, -0.2) is 0 Å². The first-order valence-electron chi connectivity index (χ1n) is 8.86. The van der Waals surface area contributed by atoms with Gasteiger partial charge in [-0.1, -0.05) is 11.6 Å². The third kappa shape index (κ3) is 3.83. The summed E-state index contributed by atoms with van der Waals surface area (Å²) in [5, 5.41) is 10.2. The molecule has 1 saturated carbocycles. The Morgan fingerprint density at radius 3 is 2.68 bits per heavy atom. The van der Waals surface area contributed by atoms with E-state index in [1.54, 1.807) is 12.0 Å². The molecule has 1 aromatic heterocycles. The largest absolute Gasteiger partial charge is 0.395 e. The van der Waals surface area contributed by atoms with Gasteiger partial charge in [-0.05, 0) is 44.4 Å². The topological polar surface area (TPSA) is 62.7 Å². The van der Waals surface area contributed by atoms with E-state index >= 15 is 0 Å². The SMILES string of the molecule is COCCN(CCO)C(=O)c1cc(C2CC2)nc2c(C)cc(C)cc12. The number of aryl methyl sites for hydroxylation is 2. The van der Waals surface area contributed by atoms with Gasteiger partial charge in [0, 0.05) is 37.2 Å². The van der Waals surface area contributed by atoms with E-state index < -0.39 is 0 Å². The maximum atomic E-state index is 13.2. The average molecular weight is 342 g/mol. The first kappa shape index (κ1) is 17.8. The molecule has 25 heavy (non-hydrogen) atoms. The van der Waals surface area contributed by atoms with Crippen LogP contribution in [0.3, 0.4) is 0 Å². The Balaban J connectivity index is 2.10. The van der Waals surface area contributed by atoms with Gasteiger partial charge in [0.05, 0.1) is 24.3 Å². The molecule has 1 aromatic carbocycles. The van der Waals surface area contributed by atoms with Crippen LogP contribution in [-0.2, 0) is 4.74 Å². The molecule has 0 aliphatic heterocycles. The first-order chi connectivity index (χ1) is 12.0. The maximum absolute atomic E-state index is 13.2. The number of aromatic nitrogens is 1. The van der Waals surface area contributed by atoms with Crippen molar-refractivity contribution in [3.8, 4) is 0 Å². The van der Waals surface area contributed by atoms with E-state index in [9.17, 15) is 9.90 Å². The number of fused-ring (bicyclic) bond motifs is 1. The van der Waals surface area contributed by atoms with Gasteiger partial charge in [-0.15, -0.1) is 0 Å². The zero-order valence-corrected chi connectivity index (χ0v) is 15.2. The molecule has 0 unspecified atom stereocenters. The number of benzene rings is 1. The predicted molar refractivity (Wildman–Crippen MR) is 98.1 cm³/mol. The molecule has 1 heterocycles. The Kier molecular flexibility index (Phi) is 5.35. The third-order valence-electron chi connectivity index (χ3n) is 4.72. The lowest BCUT2D eigenvalue weighted by molar-refractivity contribution is 0.0658. The molecule has 1 N–H and O–H groups in total. The minimum absolute atomic E-state index is 0.0635. The molecule has 0 atom stereocenters. The molecule has 5 heteroatoms. The molecule has 1 fully saturated rings. The normalized spacial score (nSPS) is 14.1. The second kappa shape index (κ2) is 7.50. The number of ether oxygens (including phenoxy) is 1. The zero-order valence-electron chi connectivity index (χ0n) is 15.2. The van der Waals surface area contributed by atoms with Crippen molar-refractivity contribution in [2.24, 2.45) is 0 Å². The van der Waals surface area contributed by atoms with Crippen molar-refractivity contribution < 1.29 is 14.6 Å². The Morgan fingerprint density at radius 2 is 2.04 bits per heavy atom. The smallest absolute Gasteiger partial charge is 0.254 e. The van der Waals surface area contributed by atoms with Gasteiger partial charge in [0.1, 0.15) is 0 Å². The molecule has 3 rings (SSSR count). The second-order valence-electron chi connectivity index (χ2n) is 6.86. The Morgan fingerprint density at radius 1 is 1.28 bits per heavy atom. The molecule has 0 saturated heterocycles. The fraction of sp³-hybridized carbons (Fsp3) is 0.500. The average Bonchev–Trinajstić information content (AvgIpc) is 3.42. The molecule has 2 aromatic rings. The van der Waals surface area contributed by atoms with Gasteiger partial charge in [-0.3, -0.25) is 9.78 Å². The van der Waals surface area contributed by atoms with E-state index in [2.05, 4.69) is 6.07 Å². The number of nitrogens with zero attached hydrogens (tertiary/aromatic N) is 2. The molecular weight excluding hydrogens is 316 g/mol. The van der Waals surface area contributed by atoms with E-state index in [4.69, 9.17) is 9.72 Å². The van der Waals surface area contributed by atoms with Crippen LogP contribution in [0, 0.1) is 13.8 Å². The number of hydrogen-bond acceptors (Lipinski definition) is 4. The van der Waals surface area contributed by atoms with Crippen LogP contribution in [0.5, 0.6) is 0 Å². The van der Waals surface area contributed by atoms with E-state index in [-0.39, 0.29) is 12.5 Å². The molecule has 5 nitrogen and oxygen atoms in total. The monoisotopic (exact) mass is 342 g/mol. The molecule has 1 aliphatic carbocycles. The lowest BCUT2D eigenvalue weighted by Gasteiger charge is -2.23. The van der Waals surface area contributed by atoms with Gasteiger partial charge in [0.15, 0.2) is 0 Å². The van der Waals surface area contributed by atoms with Crippen molar-refractivity contribution in [3.63, 3.8) is 0 Å². The van der Waals surface area contributed by atoms with Crippen molar-refractivity contribution in [2.45, 2.75) is 32.6 Å². The minimum Gasteiger partial charge on any atom is -0.395 e. The summed E-state index contributed by atoms with van der Waals surface area (Å²) in [5.41, 5.74) is 4.82. The molecule has 0 spiro atoms. The van der Waals surface area contributed by atoms with Crippen LogP contribution in [0.1, 0.15) is 45.9 Å². The number of carbonyl (C=O) groups is 1. The zero-order chi connectivity index (χ0) is 18.0. The minimum atomic E-state index is -0.0644. The van der Waals surface area contributed by atoms with Crippen LogP contribution in [0.2, 0.25) is 0 Å². The maximum Gasteiger partial charge on any atom is 0.254 e. The lowest BCUT2D eigenvalue weighted by Crippen LogP contribution is -2.36. The van der Waals surface area contributed by atoms with Gasteiger partial charge < -0.3 is 14.7 Å². The van der Waals surface area contributed by atoms with E-state index in [0.717, 1.165) is 40.6 Å². The molecule has 1 aliphatic rings. The van der Waals surface area contributed by atoms with Crippen molar-refractivity contribution in [2.75, 3.05) is 33.4 Å². The molecular formula is C20H26N2O3. The van der Waals surface area contributed by atoms with Crippen LogP contribution in [0.25, 0.3) is 10.9 Å². The highest BCUT2D eigenvalue weighted by molar-refractivity contribution is 6.07. The Labute approximate surface area is 148 Å². The van der Waals surface area contributed by atoms with Crippen molar-refractivity contribution in [3.05, 3.63) is 40.6 Å². The van der Waals surface area contributed by atoms with Crippen LogP contribution >= 0.6 is 0 Å². The summed E-state index contributed by atoms with van der Waals surface area (Å²) < 4.78 is 5.11. The van der Waals surface area contributed by atoms with Crippen LogP contribution < -0.4 is 0 Å². The van der Waals surface area contributed by atoms with E-state index in [1.165, 1.54) is 0 Å². The van der Waals surface area contributed by atoms with Crippen molar-refractivity contribution in [1.82, 2.24) is 9.88 Å². The summed E-state index contributed by atoms with van der Waals surface area (Å²) in [6.45, 7) is 5.22. The number of carbonyl (C=O) groups excluding carboxylic acids is 1. The number of methoxy groups -OCH3 is 1. The highest BCUT2D eigenvalue weighted by Gasteiger charge is 2.28. The number of aliphatic hydroxyl groups excluding tert-OH is 1. The number of pyridine rings is 1. The first-order valence-corrected chi connectivity index (χ1v) is 8.86. The molecule has 134 valence electrons. The van der Waals surface area contributed by atoms with Crippen molar-refractivity contribution in [1.29, 1.82) is 0 Å². The van der Waals surface area contributed by atoms with Crippen molar-refractivity contribution >= 4 is 16.8 Å². The summed E-state index contributed by atoms with van der Waals surface area (Å²) >= 11 is 0. The van der Waals surface area contributed by atoms with Crippen LogP contribution in [0.15, 0.2) is 18.2 Å². The second-order valence-corrected chi connectivity index (χ2v) is 6.86. The number of aliphatic hydroxyl groups is 1. The standard InChI is InChI=1S/C20H26N2O3/c1-13-10-14(2)19-16(11-13)17(12-18(21-19)15-4-5-15)20(24)22(6-8-23)7-9-25-3/h10-12,15,23H,4-9H2,1-3H3. The summed E-state index contributed by atoms with van der Waals surface area (Å²) in [4.78, 5) is 19.7. The number of hydrogen-bond donors (Lipinski definition) is 1. The Hall–Kier alpha value is -1.98. The molecule has 1 amide bonds.